The summed E-state index contributed by atoms with van der Waals surface area (Å²) in [5.74, 6) is 0.685. The largest absolute Gasteiger partial charge is 0.392 e. The topological polar surface area (TPSA) is 66.5 Å². The summed E-state index contributed by atoms with van der Waals surface area (Å²) >= 11 is 0. The van der Waals surface area contributed by atoms with Gasteiger partial charge < -0.3 is 15.9 Å². The molecule has 0 aromatic carbocycles. The van der Waals surface area contributed by atoms with Gasteiger partial charge in [-0.1, -0.05) is 12.8 Å². The standard InChI is InChI=1S/C9H19NO2/c1-9(12,4-7-2-3-7)5-8(11)6-10/h7-8,11-12H,2-6,10H2,1H3/t8-,9+/m1/s1. The average molecular weight is 173 g/mol. The molecule has 0 unspecified atom stereocenters. The minimum atomic E-state index is -0.722. The Bertz CT molecular complexity index is 143. The van der Waals surface area contributed by atoms with Crippen LogP contribution in [0.5, 0.6) is 0 Å². The van der Waals surface area contributed by atoms with Crippen molar-refractivity contribution >= 4 is 0 Å². The van der Waals surface area contributed by atoms with Gasteiger partial charge in [-0.15, -0.1) is 0 Å². The van der Waals surface area contributed by atoms with Crippen LogP contribution in [0.2, 0.25) is 0 Å². The third-order valence-electron chi connectivity index (χ3n) is 2.37. The maximum atomic E-state index is 9.81. The van der Waals surface area contributed by atoms with Crippen LogP contribution in [0.4, 0.5) is 0 Å². The van der Waals surface area contributed by atoms with Gasteiger partial charge in [-0.3, -0.25) is 0 Å². The van der Waals surface area contributed by atoms with Gasteiger partial charge in [0, 0.05) is 13.0 Å². The molecule has 0 amide bonds. The highest BCUT2D eigenvalue weighted by Gasteiger charge is 2.32. The van der Waals surface area contributed by atoms with Crippen LogP contribution in [0.25, 0.3) is 0 Å². The number of aliphatic hydroxyl groups is 2. The molecule has 72 valence electrons. The lowest BCUT2D eigenvalue weighted by molar-refractivity contribution is -0.00391. The van der Waals surface area contributed by atoms with E-state index in [-0.39, 0.29) is 6.54 Å². The van der Waals surface area contributed by atoms with Crippen LogP contribution in [-0.2, 0) is 0 Å². The quantitative estimate of drug-likeness (QED) is 0.558. The molecule has 1 fully saturated rings. The Morgan fingerprint density at radius 2 is 2.17 bits per heavy atom. The van der Waals surface area contributed by atoms with E-state index < -0.39 is 11.7 Å². The number of rotatable bonds is 5. The van der Waals surface area contributed by atoms with Crippen molar-refractivity contribution in [3.63, 3.8) is 0 Å². The van der Waals surface area contributed by atoms with Crippen molar-refractivity contribution < 1.29 is 10.2 Å². The van der Waals surface area contributed by atoms with Gasteiger partial charge >= 0.3 is 0 Å². The molecule has 0 bridgehead atoms. The first kappa shape index (κ1) is 9.96. The summed E-state index contributed by atoms with van der Waals surface area (Å²) < 4.78 is 0. The van der Waals surface area contributed by atoms with Crippen molar-refractivity contribution in [1.82, 2.24) is 0 Å². The first-order valence-electron chi connectivity index (χ1n) is 4.64. The molecule has 3 nitrogen and oxygen atoms in total. The van der Waals surface area contributed by atoms with Gasteiger partial charge in [-0.2, -0.15) is 0 Å². The smallest absolute Gasteiger partial charge is 0.0689 e. The maximum Gasteiger partial charge on any atom is 0.0689 e. The molecule has 3 heteroatoms. The van der Waals surface area contributed by atoms with E-state index in [0.717, 1.165) is 6.42 Å². The number of aliphatic hydroxyl groups excluding tert-OH is 1. The predicted molar refractivity (Wildman–Crippen MR) is 47.6 cm³/mol. The molecule has 2 atom stereocenters. The van der Waals surface area contributed by atoms with E-state index >= 15 is 0 Å². The lowest BCUT2D eigenvalue weighted by Gasteiger charge is -2.25. The highest BCUT2D eigenvalue weighted by molar-refractivity contribution is 4.85. The van der Waals surface area contributed by atoms with Crippen molar-refractivity contribution in [2.75, 3.05) is 6.54 Å². The molecule has 0 aromatic rings. The monoisotopic (exact) mass is 173 g/mol. The summed E-state index contributed by atoms with van der Waals surface area (Å²) in [6, 6.07) is 0. The first-order chi connectivity index (χ1) is 5.53. The number of hydrogen-bond acceptors (Lipinski definition) is 3. The van der Waals surface area contributed by atoms with Gasteiger partial charge in [0.15, 0.2) is 0 Å². The molecule has 0 spiro atoms. The molecule has 0 aliphatic heterocycles. The summed E-state index contributed by atoms with van der Waals surface area (Å²) in [6.07, 6.45) is 3.12. The SMILES string of the molecule is C[C@](O)(CC1CC1)C[C@@H](O)CN. The first-order valence-corrected chi connectivity index (χ1v) is 4.64. The molecule has 1 aliphatic rings. The van der Waals surface area contributed by atoms with Gasteiger partial charge in [-0.05, 0) is 19.3 Å². The third kappa shape index (κ3) is 3.52. The van der Waals surface area contributed by atoms with Crippen LogP contribution >= 0.6 is 0 Å². The molecule has 0 saturated heterocycles. The van der Waals surface area contributed by atoms with Gasteiger partial charge in [0.1, 0.15) is 0 Å². The minimum absolute atomic E-state index is 0.237. The fourth-order valence-electron chi connectivity index (χ4n) is 1.62. The van der Waals surface area contributed by atoms with Gasteiger partial charge in [0.2, 0.25) is 0 Å². The van der Waals surface area contributed by atoms with Crippen LogP contribution in [0, 0.1) is 5.92 Å². The Labute approximate surface area is 73.6 Å². The van der Waals surface area contributed by atoms with Crippen LogP contribution in [0.15, 0.2) is 0 Å². The van der Waals surface area contributed by atoms with E-state index in [9.17, 15) is 10.2 Å². The summed E-state index contributed by atoms with van der Waals surface area (Å²) in [5, 5.41) is 19.1. The second-order valence-electron chi connectivity index (χ2n) is 4.24. The number of nitrogens with two attached hydrogens (primary N) is 1. The Morgan fingerprint density at radius 3 is 2.58 bits per heavy atom. The van der Waals surface area contributed by atoms with E-state index in [1.807, 2.05) is 0 Å². The zero-order chi connectivity index (χ0) is 9.19. The molecule has 0 radical (unpaired) electrons. The van der Waals surface area contributed by atoms with Gasteiger partial charge in [0.25, 0.3) is 0 Å². The summed E-state index contributed by atoms with van der Waals surface area (Å²) in [6.45, 7) is 2.02. The fourth-order valence-corrected chi connectivity index (χ4v) is 1.62. The van der Waals surface area contributed by atoms with E-state index in [0.29, 0.717) is 12.3 Å². The molecule has 0 aromatic heterocycles. The number of hydrogen-bond donors (Lipinski definition) is 3. The van der Waals surface area contributed by atoms with Crippen molar-refractivity contribution in [1.29, 1.82) is 0 Å². The average Bonchev–Trinajstić information content (AvgIpc) is 2.69. The normalized spacial score (nSPS) is 25.0. The Kier molecular flexibility index (Phi) is 3.09. The van der Waals surface area contributed by atoms with E-state index in [2.05, 4.69) is 0 Å². The molecule has 12 heavy (non-hydrogen) atoms. The highest BCUT2D eigenvalue weighted by atomic mass is 16.3. The molecule has 1 rings (SSSR count). The second-order valence-corrected chi connectivity index (χ2v) is 4.24. The fraction of sp³-hybridized carbons (Fsp3) is 1.00. The summed E-state index contributed by atoms with van der Waals surface area (Å²) in [4.78, 5) is 0. The van der Waals surface area contributed by atoms with Crippen LogP contribution in [-0.4, -0.2) is 28.5 Å². The van der Waals surface area contributed by atoms with Crippen LogP contribution in [0.3, 0.4) is 0 Å². The third-order valence-corrected chi connectivity index (χ3v) is 2.37. The summed E-state index contributed by atoms with van der Waals surface area (Å²) in [7, 11) is 0. The van der Waals surface area contributed by atoms with E-state index in [1.165, 1.54) is 12.8 Å². The van der Waals surface area contributed by atoms with E-state index in [4.69, 9.17) is 5.73 Å². The Hall–Kier alpha value is -0.120. The van der Waals surface area contributed by atoms with Gasteiger partial charge in [0.05, 0.1) is 11.7 Å². The lowest BCUT2D eigenvalue weighted by atomic mass is 9.92. The highest BCUT2D eigenvalue weighted by Crippen LogP contribution is 2.37. The Morgan fingerprint density at radius 1 is 1.58 bits per heavy atom. The zero-order valence-corrected chi connectivity index (χ0v) is 7.66. The minimum Gasteiger partial charge on any atom is -0.392 e. The summed E-state index contributed by atoms with van der Waals surface area (Å²) in [5.41, 5.74) is 4.54. The molecule has 0 heterocycles. The predicted octanol–water partition coefficient (Wildman–Crippen LogP) is 0.247. The second kappa shape index (κ2) is 3.73. The zero-order valence-electron chi connectivity index (χ0n) is 7.66. The van der Waals surface area contributed by atoms with Crippen molar-refractivity contribution in [3.05, 3.63) is 0 Å². The van der Waals surface area contributed by atoms with E-state index in [1.54, 1.807) is 6.92 Å². The molecule has 1 aliphatic carbocycles. The molecular weight excluding hydrogens is 154 g/mol. The van der Waals surface area contributed by atoms with Crippen LogP contribution < -0.4 is 5.73 Å². The molecule has 4 N–H and O–H groups in total. The van der Waals surface area contributed by atoms with Gasteiger partial charge in [-0.25, -0.2) is 0 Å². The lowest BCUT2D eigenvalue weighted by Crippen LogP contribution is -2.34. The van der Waals surface area contributed by atoms with Crippen LogP contribution in [0.1, 0.15) is 32.6 Å². The van der Waals surface area contributed by atoms with Crippen molar-refractivity contribution in [2.45, 2.75) is 44.3 Å². The Balaban J connectivity index is 2.25. The maximum absolute atomic E-state index is 9.81. The molecule has 1 saturated carbocycles. The van der Waals surface area contributed by atoms with Crippen molar-refractivity contribution in [3.8, 4) is 0 Å². The van der Waals surface area contributed by atoms with Crippen molar-refractivity contribution in [2.24, 2.45) is 11.7 Å². The molecular formula is C9H19NO2.